The topological polar surface area (TPSA) is 90.5 Å². The Labute approximate surface area is 133 Å². The van der Waals surface area contributed by atoms with Crippen LogP contribution in [-0.4, -0.2) is 35.9 Å². The van der Waals surface area contributed by atoms with Crippen molar-refractivity contribution in [3.63, 3.8) is 0 Å². The summed E-state index contributed by atoms with van der Waals surface area (Å²) in [5, 5.41) is 17.9. The van der Waals surface area contributed by atoms with Gasteiger partial charge in [-0.05, 0) is 16.0 Å². The average Bonchev–Trinajstić information content (AvgIpc) is 3.24. The Hall–Kier alpha value is -3.03. The van der Waals surface area contributed by atoms with Gasteiger partial charge in [0.25, 0.3) is 0 Å². The van der Waals surface area contributed by atoms with Crippen molar-refractivity contribution in [1.29, 1.82) is 0 Å². The van der Waals surface area contributed by atoms with Crippen LogP contribution in [0.25, 0.3) is 0 Å². The van der Waals surface area contributed by atoms with Crippen molar-refractivity contribution >= 4 is 5.91 Å². The second-order valence-corrected chi connectivity index (χ2v) is 5.13. The molecule has 8 heteroatoms. The zero-order valence-electron chi connectivity index (χ0n) is 12.5. The van der Waals surface area contributed by atoms with Gasteiger partial charge in [0.05, 0.1) is 19.3 Å². The summed E-state index contributed by atoms with van der Waals surface area (Å²) in [6.45, 7) is 1.64. The molecule has 0 spiro atoms. The van der Waals surface area contributed by atoms with Crippen molar-refractivity contribution in [2.24, 2.45) is 0 Å². The Bertz CT molecular complexity index is 736. The fourth-order valence-corrected chi connectivity index (χ4v) is 2.14. The molecule has 2 aromatic heterocycles. The van der Waals surface area contributed by atoms with E-state index in [1.54, 1.807) is 6.20 Å². The Balaban J connectivity index is 1.44. The highest BCUT2D eigenvalue weighted by Crippen LogP contribution is 2.04. The monoisotopic (exact) mass is 311 g/mol. The molecule has 8 nitrogen and oxygen atoms in total. The van der Waals surface area contributed by atoms with Crippen LogP contribution in [0.3, 0.4) is 0 Å². The van der Waals surface area contributed by atoms with Gasteiger partial charge in [0, 0.05) is 24.7 Å². The molecule has 0 saturated heterocycles. The van der Waals surface area contributed by atoms with Crippen molar-refractivity contribution in [2.75, 3.05) is 0 Å². The van der Waals surface area contributed by atoms with Gasteiger partial charge in [0.2, 0.25) is 5.91 Å². The molecule has 1 amide bonds. The first-order valence-electron chi connectivity index (χ1n) is 7.32. The number of rotatable bonds is 7. The largest absolute Gasteiger partial charge is 0.352 e. The van der Waals surface area contributed by atoms with Crippen LogP contribution in [0.5, 0.6) is 0 Å². The summed E-state index contributed by atoms with van der Waals surface area (Å²) >= 11 is 0. The van der Waals surface area contributed by atoms with E-state index in [4.69, 9.17) is 0 Å². The maximum atomic E-state index is 11.8. The van der Waals surface area contributed by atoms with E-state index >= 15 is 0 Å². The number of carbonyl (C=O) groups is 1. The highest BCUT2D eigenvalue weighted by molar-refractivity contribution is 5.75. The van der Waals surface area contributed by atoms with Gasteiger partial charge in [-0.2, -0.15) is 5.10 Å². The van der Waals surface area contributed by atoms with Gasteiger partial charge in [-0.25, -0.2) is 4.68 Å². The molecule has 3 rings (SSSR count). The molecule has 2 heterocycles. The number of aryl methyl sites for hydroxylation is 1. The lowest BCUT2D eigenvalue weighted by Crippen LogP contribution is -2.23. The van der Waals surface area contributed by atoms with Crippen molar-refractivity contribution < 1.29 is 4.79 Å². The molecular weight excluding hydrogens is 294 g/mol. The van der Waals surface area contributed by atoms with E-state index < -0.39 is 0 Å². The van der Waals surface area contributed by atoms with Crippen molar-refractivity contribution in [1.82, 2.24) is 35.3 Å². The lowest BCUT2D eigenvalue weighted by molar-refractivity contribution is -0.121. The predicted octanol–water partition coefficient (Wildman–Crippen LogP) is 0.624. The van der Waals surface area contributed by atoms with Crippen LogP contribution in [0, 0.1) is 0 Å². The molecule has 1 N–H and O–H groups in total. The Morgan fingerprint density at radius 1 is 1.13 bits per heavy atom. The minimum absolute atomic E-state index is 0.0451. The van der Waals surface area contributed by atoms with Gasteiger partial charge in [-0.15, -0.1) is 5.10 Å². The molecule has 118 valence electrons. The average molecular weight is 311 g/mol. The van der Waals surface area contributed by atoms with E-state index in [0.717, 1.165) is 5.56 Å². The van der Waals surface area contributed by atoms with Crippen molar-refractivity contribution in [2.45, 2.75) is 26.1 Å². The maximum absolute atomic E-state index is 11.8. The Morgan fingerprint density at radius 3 is 2.78 bits per heavy atom. The summed E-state index contributed by atoms with van der Waals surface area (Å²) in [6.07, 6.45) is 5.53. The molecule has 3 aromatic rings. The number of amides is 1. The van der Waals surface area contributed by atoms with Gasteiger partial charge in [-0.1, -0.05) is 30.3 Å². The van der Waals surface area contributed by atoms with Crippen LogP contribution in [0.4, 0.5) is 0 Å². The molecular formula is C15H17N7O. The summed E-state index contributed by atoms with van der Waals surface area (Å²) in [6, 6.07) is 10.1. The summed E-state index contributed by atoms with van der Waals surface area (Å²) < 4.78 is 3.38. The number of benzene rings is 1. The predicted molar refractivity (Wildman–Crippen MR) is 82.1 cm³/mol. The molecule has 23 heavy (non-hydrogen) atoms. The summed E-state index contributed by atoms with van der Waals surface area (Å²) in [7, 11) is 0. The fraction of sp³-hybridized carbons (Fsp3) is 0.267. The van der Waals surface area contributed by atoms with Gasteiger partial charge in [0.15, 0.2) is 0 Å². The van der Waals surface area contributed by atoms with E-state index in [1.165, 1.54) is 16.6 Å². The van der Waals surface area contributed by atoms with Crippen LogP contribution in [0.2, 0.25) is 0 Å². The maximum Gasteiger partial charge on any atom is 0.222 e. The minimum Gasteiger partial charge on any atom is -0.352 e. The van der Waals surface area contributed by atoms with E-state index in [-0.39, 0.29) is 5.91 Å². The van der Waals surface area contributed by atoms with Gasteiger partial charge in [-0.3, -0.25) is 9.48 Å². The van der Waals surface area contributed by atoms with Crippen molar-refractivity contribution in [3.8, 4) is 0 Å². The van der Waals surface area contributed by atoms with E-state index in [1.807, 2.05) is 29.1 Å². The standard InChI is InChI=1S/C15H17N7O/c23-15(6-7-21-12-17-19-20-21)16-8-14-9-18-22(11-14)10-13-4-2-1-3-5-13/h1-5,9,11-12H,6-8,10H2,(H,16,23). The number of carbonyl (C=O) groups excluding carboxylic acids is 1. The number of hydrogen-bond donors (Lipinski definition) is 1. The summed E-state index contributed by atoms with van der Waals surface area (Å²) in [5.41, 5.74) is 2.16. The van der Waals surface area contributed by atoms with Crippen LogP contribution in [0.1, 0.15) is 17.5 Å². The smallest absolute Gasteiger partial charge is 0.222 e. The molecule has 0 bridgehead atoms. The highest BCUT2D eigenvalue weighted by atomic mass is 16.1. The first-order chi connectivity index (χ1) is 11.3. The van der Waals surface area contributed by atoms with Gasteiger partial charge in [0.1, 0.15) is 6.33 Å². The molecule has 0 atom stereocenters. The summed E-state index contributed by atoms with van der Waals surface area (Å²) in [5.74, 6) is -0.0451. The third-order valence-corrected chi connectivity index (χ3v) is 3.32. The minimum atomic E-state index is -0.0451. The lowest BCUT2D eigenvalue weighted by Gasteiger charge is -2.03. The molecule has 0 radical (unpaired) electrons. The zero-order valence-corrected chi connectivity index (χ0v) is 12.5. The van der Waals surface area contributed by atoms with E-state index in [9.17, 15) is 4.79 Å². The Morgan fingerprint density at radius 2 is 2.00 bits per heavy atom. The number of nitrogens with zero attached hydrogens (tertiary/aromatic N) is 6. The molecule has 0 fully saturated rings. The van der Waals surface area contributed by atoms with Crippen LogP contribution >= 0.6 is 0 Å². The Kier molecular flexibility index (Phi) is 4.72. The molecule has 0 aliphatic carbocycles. The molecule has 0 aliphatic heterocycles. The zero-order chi connectivity index (χ0) is 15.9. The number of tetrazole rings is 1. The van der Waals surface area contributed by atoms with Crippen LogP contribution < -0.4 is 5.32 Å². The number of aromatic nitrogens is 6. The molecule has 0 aliphatic rings. The van der Waals surface area contributed by atoms with Gasteiger partial charge >= 0.3 is 0 Å². The summed E-state index contributed by atoms with van der Waals surface area (Å²) in [4.78, 5) is 11.8. The highest BCUT2D eigenvalue weighted by Gasteiger charge is 2.04. The third kappa shape index (κ3) is 4.47. The van der Waals surface area contributed by atoms with Gasteiger partial charge < -0.3 is 5.32 Å². The second-order valence-electron chi connectivity index (χ2n) is 5.13. The molecule has 1 aromatic carbocycles. The fourth-order valence-electron chi connectivity index (χ4n) is 2.14. The quantitative estimate of drug-likeness (QED) is 0.691. The van der Waals surface area contributed by atoms with Crippen molar-refractivity contribution in [3.05, 3.63) is 60.2 Å². The first-order valence-corrected chi connectivity index (χ1v) is 7.32. The normalized spacial score (nSPS) is 10.6. The lowest BCUT2D eigenvalue weighted by atomic mass is 10.2. The van der Waals surface area contributed by atoms with Crippen LogP contribution in [-0.2, 0) is 24.4 Å². The van der Waals surface area contributed by atoms with Crippen LogP contribution in [0.15, 0.2) is 49.1 Å². The second kappa shape index (κ2) is 7.30. The van der Waals surface area contributed by atoms with E-state index in [2.05, 4.69) is 38.1 Å². The first kappa shape index (κ1) is 14.9. The number of hydrogen-bond acceptors (Lipinski definition) is 5. The molecule has 0 unspecified atom stereocenters. The third-order valence-electron chi connectivity index (χ3n) is 3.32. The SMILES string of the molecule is O=C(CCn1cnnn1)NCc1cnn(Cc2ccccc2)c1. The number of nitrogens with one attached hydrogen (secondary N) is 1. The van der Waals surface area contributed by atoms with E-state index in [0.29, 0.717) is 26.1 Å². The molecule has 0 saturated carbocycles.